The van der Waals surface area contributed by atoms with Gasteiger partial charge in [0.25, 0.3) is 10.1 Å². The van der Waals surface area contributed by atoms with E-state index in [1.54, 1.807) is 0 Å². The fraction of sp³-hybridized carbons (Fsp3) is 0.250. The van der Waals surface area contributed by atoms with Gasteiger partial charge in [0.2, 0.25) is 0 Å². The van der Waals surface area contributed by atoms with E-state index in [0.29, 0.717) is 12.3 Å². The lowest BCUT2D eigenvalue weighted by Gasteiger charge is -2.04. The summed E-state index contributed by atoms with van der Waals surface area (Å²) in [5.41, 5.74) is -0.961. The molecule has 0 aliphatic carbocycles. The first kappa shape index (κ1) is 14.8. The van der Waals surface area contributed by atoms with Crippen LogP contribution in [0.2, 0.25) is 0 Å². The van der Waals surface area contributed by atoms with Gasteiger partial charge in [0.05, 0.1) is 11.8 Å². The minimum Gasteiger partial charge on any atom is -0.286 e. The first-order valence-corrected chi connectivity index (χ1v) is 5.60. The molecule has 0 bridgehead atoms. The Bertz CT molecular complexity index is 431. The topological polar surface area (TPSA) is 54.4 Å². The predicted octanol–water partition coefficient (Wildman–Crippen LogP) is 2.35. The van der Waals surface area contributed by atoms with Gasteiger partial charge in [-0.3, -0.25) is 4.55 Å². The molecule has 16 heavy (non-hydrogen) atoms. The second kappa shape index (κ2) is 5.26. The predicted molar refractivity (Wildman–Crippen MR) is 48.9 cm³/mol. The molecule has 0 radical (unpaired) electrons. The van der Waals surface area contributed by atoms with Crippen LogP contribution in [0.5, 0.6) is 0 Å². The second-order valence-electron chi connectivity index (χ2n) is 2.74. The standard InChI is InChI=1S/C7H4F4.CH4O3S/c8-6-3-1-2-5(4-6)7(9,10)11;1-5(2,3)4/h1-4H;1H3,(H,2,3,4). The average Bonchev–Trinajstić information content (AvgIpc) is 1.99. The Balaban J connectivity index is 0.000000385. The van der Waals surface area contributed by atoms with E-state index in [2.05, 4.69) is 0 Å². The highest BCUT2D eigenvalue weighted by Crippen LogP contribution is 2.28. The molecular weight excluding hydrogens is 252 g/mol. The Morgan fingerprint density at radius 1 is 1.25 bits per heavy atom. The monoisotopic (exact) mass is 260 g/mol. The van der Waals surface area contributed by atoms with Crippen molar-refractivity contribution in [2.24, 2.45) is 0 Å². The number of hydrogen-bond donors (Lipinski definition) is 1. The van der Waals surface area contributed by atoms with Crippen LogP contribution in [0.1, 0.15) is 5.56 Å². The fourth-order valence-corrected chi connectivity index (χ4v) is 0.665. The van der Waals surface area contributed by atoms with Crippen molar-refractivity contribution in [1.29, 1.82) is 0 Å². The molecule has 0 spiro atoms. The van der Waals surface area contributed by atoms with Crippen LogP contribution in [0.3, 0.4) is 0 Å². The molecule has 3 nitrogen and oxygen atoms in total. The fourth-order valence-electron chi connectivity index (χ4n) is 0.665. The van der Waals surface area contributed by atoms with E-state index in [4.69, 9.17) is 4.55 Å². The zero-order valence-corrected chi connectivity index (χ0v) is 8.81. The molecule has 0 saturated carbocycles. The first-order chi connectivity index (χ1) is 7.00. The van der Waals surface area contributed by atoms with Crippen molar-refractivity contribution >= 4 is 10.1 Å². The third-order valence-electron chi connectivity index (χ3n) is 1.15. The number of benzene rings is 1. The van der Waals surface area contributed by atoms with Crippen LogP contribution in [0.4, 0.5) is 17.6 Å². The largest absolute Gasteiger partial charge is 0.416 e. The average molecular weight is 260 g/mol. The maximum Gasteiger partial charge on any atom is 0.416 e. The maximum atomic E-state index is 12.2. The van der Waals surface area contributed by atoms with Gasteiger partial charge in [-0.2, -0.15) is 21.6 Å². The van der Waals surface area contributed by atoms with Crippen molar-refractivity contribution in [1.82, 2.24) is 0 Å². The van der Waals surface area contributed by atoms with Crippen LogP contribution in [0, 0.1) is 5.82 Å². The van der Waals surface area contributed by atoms with Crippen LogP contribution in [-0.4, -0.2) is 19.2 Å². The van der Waals surface area contributed by atoms with Crippen LogP contribution in [-0.2, 0) is 16.3 Å². The molecule has 8 heteroatoms. The third kappa shape index (κ3) is 8.18. The van der Waals surface area contributed by atoms with Crippen LogP contribution < -0.4 is 0 Å². The first-order valence-electron chi connectivity index (χ1n) is 3.75. The molecule has 0 atom stereocenters. The SMILES string of the molecule is CS(=O)(=O)O.Fc1cccc(C(F)(F)F)c1. The summed E-state index contributed by atoms with van der Waals surface area (Å²) in [5, 5.41) is 0. The lowest BCUT2D eigenvalue weighted by atomic mass is 10.2. The van der Waals surface area contributed by atoms with E-state index in [1.807, 2.05) is 0 Å². The molecule has 0 heterocycles. The van der Waals surface area contributed by atoms with Crippen molar-refractivity contribution in [3.63, 3.8) is 0 Å². The summed E-state index contributed by atoms with van der Waals surface area (Å²) in [4.78, 5) is 0. The van der Waals surface area contributed by atoms with Crippen molar-refractivity contribution in [2.75, 3.05) is 6.26 Å². The second-order valence-corrected chi connectivity index (χ2v) is 4.21. The number of hydrogen-bond acceptors (Lipinski definition) is 2. The highest BCUT2D eigenvalue weighted by Gasteiger charge is 2.30. The Kier molecular flexibility index (Phi) is 4.88. The van der Waals surface area contributed by atoms with Gasteiger partial charge in [0.15, 0.2) is 0 Å². The van der Waals surface area contributed by atoms with E-state index in [-0.39, 0.29) is 0 Å². The van der Waals surface area contributed by atoms with Crippen LogP contribution in [0.15, 0.2) is 24.3 Å². The van der Waals surface area contributed by atoms with Gasteiger partial charge in [0, 0.05) is 0 Å². The molecule has 1 rings (SSSR count). The van der Waals surface area contributed by atoms with E-state index >= 15 is 0 Å². The summed E-state index contributed by atoms with van der Waals surface area (Å²) in [6.45, 7) is 0. The molecule has 0 aromatic heterocycles. The highest BCUT2D eigenvalue weighted by molar-refractivity contribution is 7.85. The summed E-state index contributed by atoms with van der Waals surface area (Å²) < 4.78 is 73.5. The Hall–Kier alpha value is -1.15. The van der Waals surface area contributed by atoms with Gasteiger partial charge in [-0.1, -0.05) is 6.07 Å². The van der Waals surface area contributed by atoms with Crippen LogP contribution >= 0.6 is 0 Å². The Morgan fingerprint density at radius 3 is 1.94 bits per heavy atom. The van der Waals surface area contributed by atoms with E-state index in [9.17, 15) is 26.0 Å². The van der Waals surface area contributed by atoms with Gasteiger partial charge < -0.3 is 0 Å². The van der Waals surface area contributed by atoms with Gasteiger partial charge in [-0.05, 0) is 18.2 Å². The normalized spacial score (nSPS) is 11.6. The zero-order chi connectivity index (χ0) is 13.0. The summed E-state index contributed by atoms with van der Waals surface area (Å²) in [6, 6.07) is 3.27. The molecule has 0 aliphatic rings. The Morgan fingerprint density at radius 2 is 1.69 bits per heavy atom. The number of halogens is 4. The molecule has 0 saturated heterocycles. The van der Waals surface area contributed by atoms with Gasteiger partial charge in [-0.25, -0.2) is 4.39 Å². The molecule has 0 amide bonds. The Labute approximate surface area is 89.5 Å². The molecule has 0 aliphatic heterocycles. The molecule has 0 fully saturated rings. The summed E-state index contributed by atoms with van der Waals surface area (Å²) in [7, 11) is -3.67. The maximum absolute atomic E-state index is 12.2. The summed E-state index contributed by atoms with van der Waals surface area (Å²) in [5.74, 6) is -0.875. The molecule has 1 aromatic carbocycles. The third-order valence-corrected chi connectivity index (χ3v) is 1.15. The molecule has 1 N–H and O–H groups in total. The number of alkyl halides is 3. The van der Waals surface area contributed by atoms with Gasteiger partial charge in [0.1, 0.15) is 5.82 Å². The van der Waals surface area contributed by atoms with Crippen LogP contribution in [0.25, 0.3) is 0 Å². The van der Waals surface area contributed by atoms with Gasteiger partial charge >= 0.3 is 6.18 Å². The minimum atomic E-state index is -4.46. The minimum absolute atomic E-state index is 0.458. The summed E-state index contributed by atoms with van der Waals surface area (Å²) >= 11 is 0. The van der Waals surface area contributed by atoms with Crippen molar-refractivity contribution in [3.05, 3.63) is 35.6 Å². The van der Waals surface area contributed by atoms with E-state index in [0.717, 1.165) is 18.2 Å². The molecule has 1 aromatic rings. The zero-order valence-electron chi connectivity index (χ0n) is 7.99. The molecule has 92 valence electrons. The lowest BCUT2D eigenvalue weighted by Crippen LogP contribution is -2.04. The van der Waals surface area contributed by atoms with E-state index < -0.39 is 27.7 Å². The molecule has 0 unspecified atom stereocenters. The lowest BCUT2D eigenvalue weighted by molar-refractivity contribution is -0.137. The van der Waals surface area contributed by atoms with Gasteiger partial charge in [-0.15, -0.1) is 0 Å². The molecular formula is C8H8F4O3S. The highest BCUT2D eigenvalue weighted by atomic mass is 32.2. The number of rotatable bonds is 0. The van der Waals surface area contributed by atoms with Crippen molar-refractivity contribution in [3.8, 4) is 0 Å². The smallest absolute Gasteiger partial charge is 0.286 e. The van der Waals surface area contributed by atoms with E-state index in [1.165, 1.54) is 0 Å². The van der Waals surface area contributed by atoms with Crippen molar-refractivity contribution in [2.45, 2.75) is 6.18 Å². The van der Waals surface area contributed by atoms with Crippen molar-refractivity contribution < 1.29 is 30.5 Å². The quantitative estimate of drug-likeness (QED) is 0.575. The summed E-state index contributed by atoms with van der Waals surface area (Å²) in [6.07, 6.45) is -3.74.